The molecular formula is C15H13F2NO2S. The largest absolute Gasteiger partial charge is 0.496 e. The van der Waals surface area contributed by atoms with Crippen LogP contribution in [-0.4, -0.2) is 12.1 Å². The second-order valence-corrected chi connectivity index (χ2v) is 4.70. The molecule has 0 saturated carbocycles. The first-order valence-electron chi connectivity index (χ1n) is 6.06. The van der Waals surface area contributed by atoms with Crippen LogP contribution >= 0.6 is 12.2 Å². The van der Waals surface area contributed by atoms with Gasteiger partial charge in [-0.25, -0.2) is 8.78 Å². The van der Waals surface area contributed by atoms with Gasteiger partial charge in [0.25, 0.3) is 0 Å². The molecule has 0 aliphatic carbocycles. The summed E-state index contributed by atoms with van der Waals surface area (Å²) in [7, 11) is 1.51. The zero-order valence-corrected chi connectivity index (χ0v) is 12.0. The maximum atomic E-state index is 13.4. The number of hydrogen-bond donors (Lipinski definition) is 1. The summed E-state index contributed by atoms with van der Waals surface area (Å²) in [6.07, 6.45) is 0. The van der Waals surface area contributed by atoms with E-state index in [1.54, 1.807) is 18.2 Å². The van der Waals surface area contributed by atoms with E-state index in [-0.39, 0.29) is 17.3 Å². The van der Waals surface area contributed by atoms with E-state index in [0.29, 0.717) is 16.9 Å². The minimum absolute atomic E-state index is 0.0555. The molecule has 0 spiro atoms. The lowest BCUT2D eigenvalue weighted by Gasteiger charge is -2.11. The Bertz CT molecular complexity index is 677. The summed E-state index contributed by atoms with van der Waals surface area (Å²) in [5, 5.41) is 0. The fourth-order valence-corrected chi connectivity index (χ4v) is 1.95. The van der Waals surface area contributed by atoms with Gasteiger partial charge in [0.2, 0.25) is 0 Å². The molecule has 2 N–H and O–H groups in total. The van der Waals surface area contributed by atoms with Crippen molar-refractivity contribution in [2.45, 2.75) is 6.61 Å². The lowest BCUT2D eigenvalue weighted by atomic mass is 10.1. The number of methoxy groups -OCH3 is 1. The van der Waals surface area contributed by atoms with Gasteiger partial charge >= 0.3 is 0 Å². The van der Waals surface area contributed by atoms with Crippen molar-refractivity contribution >= 4 is 17.2 Å². The summed E-state index contributed by atoms with van der Waals surface area (Å²) in [5.74, 6) is -0.796. The molecule has 21 heavy (non-hydrogen) atoms. The molecule has 0 aromatic heterocycles. The molecule has 2 rings (SSSR count). The van der Waals surface area contributed by atoms with E-state index in [0.717, 1.165) is 18.2 Å². The molecule has 0 saturated heterocycles. The average Bonchev–Trinajstić information content (AvgIpc) is 2.47. The van der Waals surface area contributed by atoms with Crippen LogP contribution in [0, 0.1) is 11.6 Å². The minimum Gasteiger partial charge on any atom is -0.496 e. The second kappa shape index (κ2) is 6.49. The lowest BCUT2D eigenvalue weighted by molar-refractivity contribution is 0.288. The van der Waals surface area contributed by atoms with Gasteiger partial charge in [-0.3, -0.25) is 0 Å². The van der Waals surface area contributed by atoms with Gasteiger partial charge in [0.1, 0.15) is 23.2 Å². The summed E-state index contributed by atoms with van der Waals surface area (Å²) in [4.78, 5) is 0.186. The van der Waals surface area contributed by atoms with E-state index in [2.05, 4.69) is 0 Å². The molecule has 0 aliphatic rings. The van der Waals surface area contributed by atoms with Crippen molar-refractivity contribution in [3.05, 3.63) is 59.2 Å². The quantitative estimate of drug-likeness (QED) is 0.862. The van der Waals surface area contributed by atoms with Crippen LogP contribution in [0.5, 0.6) is 11.5 Å². The molecule has 0 unspecified atom stereocenters. The molecule has 0 aliphatic heterocycles. The molecule has 6 heteroatoms. The number of halogens is 2. The minimum atomic E-state index is -0.625. The Labute approximate surface area is 126 Å². The van der Waals surface area contributed by atoms with Crippen molar-refractivity contribution < 1.29 is 18.3 Å². The van der Waals surface area contributed by atoms with E-state index in [1.807, 2.05) is 0 Å². The topological polar surface area (TPSA) is 44.5 Å². The third-order valence-electron chi connectivity index (χ3n) is 2.82. The Morgan fingerprint density at radius 2 is 1.90 bits per heavy atom. The van der Waals surface area contributed by atoms with Crippen LogP contribution in [0.25, 0.3) is 0 Å². The Morgan fingerprint density at radius 1 is 1.14 bits per heavy atom. The highest BCUT2D eigenvalue weighted by atomic mass is 32.1. The van der Waals surface area contributed by atoms with Gasteiger partial charge < -0.3 is 15.2 Å². The van der Waals surface area contributed by atoms with Crippen molar-refractivity contribution in [3.63, 3.8) is 0 Å². The predicted octanol–water partition coefficient (Wildman–Crippen LogP) is 3.19. The first-order chi connectivity index (χ1) is 10.0. The molecule has 0 atom stereocenters. The third kappa shape index (κ3) is 3.66. The van der Waals surface area contributed by atoms with Crippen molar-refractivity contribution in [1.29, 1.82) is 0 Å². The molecule has 0 fully saturated rings. The smallest absolute Gasteiger partial charge is 0.165 e. The highest BCUT2D eigenvalue weighted by Gasteiger charge is 2.09. The van der Waals surface area contributed by atoms with Crippen molar-refractivity contribution in [3.8, 4) is 11.5 Å². The number of benzene rings is 2. The summed E-state index contributed by atoms with van der Waals surface area (Å²) < 4.78 is 36.9. The normalized spacial score (nSPS) is 10.2. The van der Waals surface area contributed by atoms with Crippen LogP contribution in [0.3, 0.4) is 0 Å². The van der Waals surface area contributed by atoms with Crippen LogP contribution in [0.15, 0.2) is 36.4 Å². The van der Waals surface area contributed by atoms with Crippen molar-refractivity contribution in [2.75, 3.05) is 7.11 Å². The van der Waals surface area contributed by atoms with Gasteiger partial charge in [-0.1, -0.05) is 18.3 Å². The predicted molar refractivity (Wildman–Crippen MR) is 79.6 cm³/mol. The maximum Gasteiger partial charge on any atom is 0.165 e. The van der Waals surface area contributed by atoms with Gasteiger partial charge in [-0.2, -0.15) is 0 Å². The van der Waals surface area contributed by atoms with Crippen LogP contribution in [0.2, 0.25) is 0 Å². The number of thiocarbonyl (C=S) groups is 1. The first-order valence-corrected chi connectivity index (χ1v) is 6.46. The molecule has 110 valence electrons. The average molecular weight is 309 g/mol. The van der Waals surface area contributed by atoms with Gasteiger partial charge in [-0.15, -0.1) is 0 Å². The first kappa shape index (κ1) is 15.2. The van der Waals surface area contributed by atoms with Gasteiger partial charge in [0.05, 0.1) is 12.7 Å². The molecule has 3 nitrogen and oxygen atoms in total. The zero-order chi connectivity index (χ0) is 15.4. The SMILES string of the molecule is COc1ccc(COc2cc(F)ccc2F)cc1C(N)=S. The summed E-state index contributed by atoms with van der Waals surface area (Å²) in [6.45, 7) is 0.0555. The van der Waals surface area contributed by atoms with Crippen LogP contribution in [-0.2, 0) is 6.61 Å². The maximum absolute atomic E-state index is 13.4. The standard InChI is InChI=1S/C15H13F2NO2S/c1-19-13-5-2-9(6-11(13)15(18)21)8-20-14-7-10(16)3-4-12(14)17/h2-7H,8H2,1H3,(H2,18,21). The Kier molecular flexibility index (Phi) is 4.70. The Hall–Kier alpha value is -2.21. The highest BCUT2D eigenvalue weighted by Crippen LogP contribution is 2.22. The number of nitrogens with two attached hydrogens (primary N) is 1. The fourth-order valence-electron chi connectivity index (χ4n) is 1.79. The van der Waals surface area contributed by atoms with Crippen LogP contribution in [0.1, 0.15) is 11.1 Å². The summed E-state index contributed by atoms with van der Waals surface area (Å²) in [5.41, 5.74) is 6.88. The number of hydrogen-bond acceptors (Lipinski definition) is 3. The van der Waals surface area contributed by atoms with Crippen molar-refractivity contribution in [2.24, 2.45) is 5.73 Å². The molecule has 2 aromatic carbocycles. The van der Waals surface area contributed by atoms with E-state index in [4.69, 9.17) is 27.4 Å². The van der Waals surface area contributed by atoms with Gasteiger partial charge in [-0.05, 0) is 29.8 Å². The Morgan fingerprint density at radius 3 is 2.57 bits per heavy atom. The molecule has 0 bridgehead atoms. The summed E-state index contributed by atoms with van der Waals surface area (Å²) in [6, 6.07) is 8.15. The monoisotopic (exact) mass is 309 g/mol. The molecule has 0 heterocycles. The fraction of sp³-hybridized carbons (Fsp3) is 0.133. The van der Waals surface area contributed by atoms with Gasteiger partial charge in [0, 0.05) is 6.07 Å². The van der Waals surface area contributed by atoms with E-state index < -0.39 is 11.6 Å². The lowest BCUT2D eigenvalue weighted by Crippen LogP contribution is -2.12. The van der Waals surface area contributed by atoms with Crippen molar-refractivity contribution in [1.82, 2.24) is 0 Å². The molecule has 0 amide bonds. The van der Waals surface area contributed by atoms with E-state index >= 15 is 0 Å². The molecular weight excluding hydrogens is 296 g/mol. The summed E-state index contributed by atoms with van der Waals surface area (Å²) >= 11 is 4.94. The zero-order valence-electron chi connectivity index (χ0n) is 11.2. The van der Waals surface area contributed by atoms with Crippen LogP contribution in [0.4, 0.5) is 8.78 Å². The molecule has 2 aromatic rings. The second-order valence-electron chi connectivity index (χ2n) is 4.26. The Balaban J connectivity index is 2.18. The van der Waals surface area contributed by atoms with Crippen LogP contribution < -0.4 is 15.2 Å². The molecule has 0 radical (unpaired) electrons. The number of rotatable bonds is 5. The highest BCUT2D eigenvalue weighted by molar-refractivity contribution is 7.80. The number of ether oxygens (including phenoxy) is 2. The van der Waals surface area contributed by atoms with E-state index in [1.165, 1.54) is 7.11 Å². The van der Waals surface area contributed by atoms with E-state index in [9.17, 15) is 8.78 Å². The third-order valence-corrected chi connectivity index (χ3v) is 3.04. The van der Waals surface area contributed by atoms with Gasteiger partial charge in [0.15, 0.2) is 11.6 Å².